The first-order chi connectivity index (χ1) is 9.69. The number of imidazole rings is 1. The molecule has 0 fully saturated rings. The lowest BCUT2D eigenvalue weighted by Crippen LogP contribution is -2.21. The van der Waals surface area contributed by atoms with Gasteiger partial charge in [0.2, 0.25) is 0 Å². The van der Waals surface area contributed by atoms with Gasteiger partial charge in [0.1, 0.15) is 17.3 Å². The highest BCUT2D eigenvalue weighted by molar-refractivity contribution is 5.42. The number of nitrogens with one attached hydrogen (secondary N) is 1. The molecule has 0 radical (unpaired) electrons. The van der Waals surface area contributed by atoms with E-state index in [2.05, 4.69) is 10.3 Å². The van der Waals surface area contributed by atoms with Gasteiger partial charge in [-0.1, -0.05) is 6.07 Å². The average Bonchev–Trinajstić information content (AvgIpc) is 2.89. The Balaban J connectivity index is 2.29. The minimum absolute atomic E-state index is 0.136. The second-order valence-corrected chi connectivity index (χ2v) is 4.61. The predicted molar refractivity (Wildman–Crippen MR) is 78.3 cm³/mol. The zero-order valence-corrected chi connectivity index (χ0v) is 12.4. The van der Waals surface area contributed by atoms with Gasteiger partial charge in [-0.3, -0.25) is 0 Å². The number of hydrogen-bond acceptors (Lipinski definition) is 4. The maximum Gasteiger partial charge on any atom is 0.127 e. The molecule has 20 heavy (non-hydrogen) atoms. The summed E-state index contributed by atoms with van der Waals surface area (Å²) in [6, 6.07) is 6.01. The molecule has 0 amide bonds. The van der Waals surface area contributed by atoms with E-state index in [9.17, 15) is 0 Å². The molecule has 1 unspecified atom stereocenters. The van der Waals surface area contributed by atoms with Crippen LogP contribution in [0.3, 0.4) is 0 Å². The summed E-state index contributed by atoms with van der Waals surface area (Å²) in [5.74, 6) is 2.64. The summed E-state index contributed by atoms with van der Waals surface area (Å²) in [6.07, 6.45) is 4.56. The van der Waals surface area contributed by atoms with Crippen molar-refractivity contribution in [3.63, 3.8) is 0 Å². The monoisotopic (exact) mass is 275 g/mol. The summed E-state index contributed by atoms with van der Waals surface area (Å²) < 4.78 is 12.7. The van der Waals surface area contributed by atoms with Crippen LogP contribution < -0.4 is 14.8 Å². The van der Waals surface area contributed by atoms with Gasteiger partial charge < -0.3 is 19.4 Å². The SMILES string of the molecule is CNC(Cc1nccn1C)c1ccc(OC)cc1OC. The molecule has 0 saturated heterocycles. The molecule has 1 aromatic heterocycles. The van der Waals surface area contributed by atoms with E-state index in [1.54, 1.807) is 14.2 Å². The van der Waals surface area contributed by atoms with Gasteiger partial charge in [-0.2, -0.15) is 0 Å². The number of aromatic nitrogens is 2. The van der Waals surface area contributed by atoms with E-state index in [1.165, 1.54) is 0 Å². The van der Waals surface area contributed by atoms with E-state index < -0.39 is 0 Å². The second kappa shape index (κ2) is 6.43. The molecule has 1 aromatic carbocycles. The molecule has 0 bridgehead atoms. The van der Waals surface area contributed by atoms with Crippen molar-refractivity contribution in [2.24, 2.45) is 7.05 Å². The van der Waals surface area contributed by atoms with Crippen molar-refractivity contribution in [1.82, 2.24) is 14.9 Å². The molecule has 0 spiro atoms. The van der Waals surface area contributed by atoms with Crippen LogP contribution in [0, 0.1) is 0 Å². The highest BCUT2D eigenvalue weighted by Crippen LogP contribution is 2.30. The lowest BCUT2D eigenvalue weighted by atomic mass is 10.0. The van der Waals surface area contributed by atoms with Gasteiger partial charge in [0.25, 0.3) is 0 Å². The minimum atomic E-state index is 0.136. The summed E-state index contributed by atoms with van der Waals surface area (Å²) in [6.45, 7) is 0. The Morgan fingerprint density at radius 2 is 2.10 bits per heavy atom. The Labute approximate surface area is 119 Å². The number of likely N-dealkylation sites (N-methyl/N-ethyl adjacent to an activating group) is 1. The van der Waals surface area contributed by atoms with Crippen LogP contribution in [0.5, 0.6) is 11.5 Å². The molecule has 2 aromatic rings. The molecule has 1 N–H and O–H groups in total. The van der Waals surface area contributed by atoms with Crippen molar-refractivity contribution in [2.75, 3.05) is 21.3 Å². The van der Waals surface area contributed by atoms with Gasteiger partial charge in [-0.25, -0.2) is 4.98 Å². The number of nitrogens with zero attached hydrogens (tertiary/aromatic N) is 2. The fourth-order valence-electron chi connectivity index (χ4n) is 2.25. The maximum atomic E-state index is 5.47. The average molecular weight is 275 g/mol. The van der Waals surface area contributed by atoms with Crippen molar-refractivity contribution in [2.45, 2.75) is 12.5 Å². The number of aryl methyl sites for hydroxylation is 1. The number of methoxy groups -OCH3 is 2. The van der Waals surface area contributed by atoms with Gasteiger partial charge in [0.15, 0.2) is 0 Å². The highest BCUT2D eigenvalue weighted by atomic mass is 16.5. The van der Waals surface area contributed by atoms with Crippen molar-refractivity contribution in [3.05, 3.63) is 42.0 Å². The van der Waals surface area contributed by atoms with E-state index in [0.717, 1.165) is 29.3 Å². The van der Waals surface area contributed by atoms with Gasteiger partial charge >= 0.3 is 0 Å². The molecule has 5 heteroatoms. The first-order valence-corrected chi connectivity index (χ1v) is 6.55. The maximum absolute atomic E-state index is 5.47. The number of ether oxygens (including phenoxy) is 2. The normalized spacial score (nSPS) is 12.2. The van der Waals surface area contributed by atoms with Gasteiger partial charge in [0.05, 0.1) is 14.2 Å². The molecule has 0 saturated carbocycles. The van der Waals surface area contributed by atoms with Crippen LogP contribution in [-0.4, -0.2) is 30.8 Å². The molecule has 2 rings (SSSR count). The van der Waals surface area contributed by atoms with Crippen LogP contribution in [-0.2, 0) is 13.5 Å². The summed E-state index contributed by atoms with van der Waals surface area (Å²) in [4.78, 5) is 4.38. The third kappa shape index (κ3) is 2.93. The van der Waals surface area contributed by atoms with Crippen LogP contribution in [0.1, 0.15) is 17.4 Å². The first kappa shape index (κ1) is 14.4. The standard InChI is InChI=1S/C15H21N3O2/c1-16-13(10-15-17-7-8-18(15)2)12-6-5-11(19-3)9-14(12)20-4/h5-9,13,16H,10H2,1-4H3. The summed E-state index contributed by atoms with van der Waals surface area (Å²) in [5.41, 5.74) is 1.10. The summed E-state index contributed by atoms with van der Waals surface area (Å²) >= 11 is 0. The molecule has 108 valence electrons. The predicted octanol–water partition coefficient (Wildman–Crippen LogP) is 1.94. The smallest absolute Gasteiger partial charge is 0.127 e. The quantitative estimate of drug-likeness (QED) is 0.875. The lowest BCUT2D eigenvalue weighted by molar-refractivity contribution is 0.385. The van der Waals surface area contributed by atoms with Gasteiger partial charge in [-0.15, -0.1) is 0 Å². The lowest BCUT2D eigenvalue weighted by Gasteiger charge is -2.19. The zero-order chi connectivity index (χ0) is 14.5. The van der Waals surface area contributed by atoms with Gasteiger partial charge in [-0.05, 0) is 13.1 Å². The number of hydrogen-bond donors (Lipinski definition) is 1. The number of rotatable bonds is 6. The van der Waals surface area contributed by atoms with Crippen LogP contribution in [0.2, 0.25) is 0 Å². The Morgan fingerprint density at radius 3 is 2.65 bits per heavy atom. The molecule has 0 aliphatic carbocycles. The van der Waals surface area contributed by atoms with Gasteiger partial charge in [0, 0.05) is 43.5 Å². The van der Waals surface area contributed by atoms with E-state index >= 15 is 0 Å². The van der Waals surface area contributed by atoms with Crippen LogP contribution >= 0.6 is 0 Å². The largest absolute Gasteiger partial charge is 0.497 e. The highest BCUT2D eigenvalue weighted by Gasteiger charge is 2.17. The Hall–Kier alpha value is -2.01. The Morgan fingerprint density at radius 1 is 1.30 bits per heavy atom. The van der Waals surface area contributed by atoms with Crippen molar-refractivity contribution >= 4 is 0 Å². The summed E-state index contributed by atoms with van der Waals surface area (Å²) in [7, 11) is 7.27. The van der Waals surface area contributed by atoms with Crippen molar-refractivity contribution in [3.8, 4) is 11.5 Å². The third-order valence-electron chi connectivity index (χ3n) is 3.47. The Bertz CT molecular complexity index is 566. The second-order valence-electron chi connectivity index (χ2n) is 4.61. The van der Waals surface area contributed by atoms with E-state index in [-0.39, 0.29) is 6.04 Å². The van der Waals surface area contributed by atoms with Crippen LogP contribution in [0.15, 0.2) is 30.6 Å². The van der Waals surface area contributed by atoms with E-state index in [0.29, 0.717) is 0 Å². The van der Waals surface area contributed by atoms with Crippen molar-refractivity contribution in [1.29, 1.82) is 0 Å². The minimum Gasteiger partial charge on any atom is -0.497 e. The summed E-state index contributed by atoms with van der Waals surface area (Å²) in [5, 5.41) is 3.32. The third-order valence-corrected chi connectivity index (χ3v) is 3.47. The molecular weight excluding hydrogens is 254 g/mol. The fourth-order valence-corrected chi connectivity index (χ4v) is 2.25. The van der Waals surface area contributed by atoms with E-state index in [4.69, 9.17) is 9.47 Å². The fraction of sp³-hybridized carbons (Fsp3) is 0.400. The van der Waals surface area contributed by atoms with Crippen LogP contribution in [0.4, 0.5) is 0 Å². The molecular formula is C15H21N3O2. The topological polar surface area (TPSA) is 48.3 Å². The Kier molecular flexibility index (Phi) is 4.63. The molecule has 0 aliphatic rings. The number of benzene rings is 1. The van der Waals surface area contributed by atoms with E-state index in [1.807, 2.05) is 49.3 Å². The molecule has 5 nitrogen and oxygen atoms in total. The molecule has 1 atom stereocenters. The molecule has 0 aliphatic heterocycles. The zero-order valence-electron chi connectivity index (χ0n) is 12.4. The van der Waals surface area contributed by atoms with Crippen molar-refractivity contribution < 1.29 is 9.47 Å². The van der Waals surface area contributed by atoms with Crippen LogP contribution in [0.25, 0.3) is 0 Å². The first-order valence-electron chi connectivity index (χ1n) is 6.55. The molecule has 1 heterocycles.